The number of nitrogens with two attached hydrogens (primary N) is 1. The summed E-state index contributed by atoms with van der Waals surface area (Å²) in [7, 11) is 0. The highest BCUT2D eigenvalue weighted by Crippen LogP contribution is 2.31. The Kier molecular flexibility index (Phi) is 3.69. The second-order valence-corrected chi connectivity index (χ2v) is 4.94. The van der Waals surface area contributed by atoms with Crippen LogP contribution in [0.3, 0.4) is 0 Å². The van der Waals surface area contributed by atoms with E-state index in [1.54, 1.807) is 0 Å². The number of hydrogen-bond donors (Lipinski definition) is 2. The van der Waals surface area contributed by atoms with Crippen LogP contribution in [-0.4, -0.2) is 17.8 Å². The van der Waals surface area contributed by atoms with Crippen molar-refractivity contribution in [3.05, 3.63) is 28.8 Å². The summed E-state index contributed by atoms with van der Waals surface area (Å²) in [5.41, 5.74) is 8.95. The zero-order chi connectivity index (χ0) is 12.4. The van der Waals surface area contributed by atoms with Gasteiger partial charge in [0.2, 0.25) is 0 Å². The van der Waals surface area contributed by atoms with Crippen molar-refractivity contribution in [3.8, 4) is 5.75 Å². The molecule has 0 saturated heterocycles. The fourth-order valence-corrected chi connectivity index (χ4v) is 2.34. The predicted octanol–water partition coefficient (Wildman–Crippen LogP) is 2.09. The van der Waals surface area contributed by atoms with Crippen LogP contribution in [0.15, 0.2) is 12.1 Å². The lowest BCUT2D eigenvalue weighted by Gasteiger charge is -2.18. The van der Waals surface area contributed by atoms with E-state index >= 15 is 0 Å². The van der Waals surface area contributed by atoms with Crippen molar-refractivity contribution in [2.24, 2.45) is 5.73 Å². The number of rotatable bonds is 2. The first-order valence-electron chi connectivity index (χ1n) is 6.29. The minimum atomic E-state index is -0.595. The van der Waals surface area contributed by atoms with Gasteiger partial charge in [-0.15, -0.1) is 0 Å². The van der Waals surface area contributed by atoms with E-state index < -0.39 is 6.10 Å². The van der Waals surface area contributed by atoms with Crippen LogP contribution in [-0.2, 0) is 6.42 Å². The molecule has 1 aromatic carbocycles. The zero-order valence-electron chi connectivity index (χ0n) is 10.6. The topological polar surface area (TPSA) is 55.5 Å². The van der Waals surface area contributed by atoms with E-state index in [0.717, 1.165) is 42.7 Å². The van der Waals surface area contributed by atoms with Crippen LogP contribution in [0, 0.1) is 6.92 Å². The van der Waals surface area contributed by atoms with Crippen LogP contribution in [0.4, 0.5) is 0 Å². The maximum absolute atomic E-state index is 10.0. The van der Waals surface area contributed by atoms with Gasteiger partial charge in [0.15, 0.2) is 0 Å². The first-order chi connectivity index (χ1) is 8.09. The van der Waals surface area contributed by atoms with Gasteiger partial charge in [-0.25, -0.2) is 0 Å². The smallest absolute Gasteiger partial charge is 0.125 e. The van der Waals surface area contributed by atoms with Crippen molar-refractivity contribution in [1.29, 1.82) is 0 Å². The highest BCUT2D eigenvalue weighted by atomic mass is 16.5. The number of aryl methyl sites for hydroxylation is 2. The highest BCUT2D eigenvalue weighted by molar-refractivity contribution is 5.45. The number of hydrogen-bond acceptors (Lipinski definition) is 3. The lowest BCUT2D eigenvalue weighted by molar-refractivity contribution is 0.153. The Morgan fingerprint density at radius 3 is 2.82 bits per heavy atom. The third-order valence-corrected chi connectivity index (χ3v) is 3.30. The molecule has 2 rings (SSSR count). The number of aliphatic hydroxyl groups excluding tert-OH is 1. The number of ether oxygens (including phenoxy) is 1. The Hall–Kier alpha value is -1.06. The zero-order valence-corrected chi connectivity index (χ0v) is 10.6. The molecule has 0 fully saturated rings. The Bertz CT molecular complexity index is 401. The molecule has 2 unspecified atom stereocenters. The largest absolute Gasteiger partial charge is 0.493 e. The molecule has 0 bridgehead atoms. The quantitative estimate of drug-likeness (QED) is 0.825. The fraction of sp³-hybridized carbons (Fsp3) is 0.571. The van der Waals surface area contributed by atoms with E-state index in [1.165, 1.54) is 5.56 Å². The molecule has 1 heterocycles. The van der Waals surface area contributed by atoms with Gasteiger partial charge in [-0.3, -0.25) is 0 Å². The third-order valence-electron chi connectivity index (χ3n) is 3.30. The van der Waals surface area contributed by atoms with Crippen LogP contribution < -0.4 is 10.5 Å². The fourth-order valence-electron chi connectivity index (χ4n) is 2.34. The van der Waals surface area contributed by atoms with E-state index in [9.17, 15) is 5.11 Å². The number of benzene rings is 1. The summed E-state index contributed by atoms with van der Waals surface area (Å²) in [5.74, 6) is 1.00. The van der Waals surface area contributed by atoms with Crippen LogP contribution in [0.5, 0.6) is 5.75 Å². The predicted molar refractivity (Wildman–Crippen MR) is 68.2 cm³/mol. The molecule has 3 N–H and O–H groups in total. The van der Waals surface area contributed by atoms with Crippen molar-refractivity contribution >= 4 is 0 Å². The van der Waals surface area contributed by atoms with E-state index in [0.29, 0.717) is 0 Å². The average Bonchev–Trinajstić information content (AvgIpc) is 2.53. The lowest BCUT2D eigenvalue weighted by atomic mass is 9.96. The first kappa shape index (κ1) is 12.4. The average molecular weight is 235 g/mol. The highest BCUT2D eigenvalue weighted by Gasteiger charge is 2.18. The Morgan fingerprint density at radius 2 is 2.12 bits per heavy atom. The number of aliphatic hydroxyl groups is 1. The molecule has 1 aromatic rings. The van der Waals surface area contributed by atoms with Crippen molar-refractivity contribution in [1.82, 2.24) is 0 Å². The van der Waals surface area contributed by atoms with Crippen molar-refractivity contribution < 1.29 is 9.84 Å². The van der Waals surface area contributed by atoms with Crippen LogP contribution in [0.2, 0.25) is 0 Å². The molecule has 94 valence electrons. The molecular weight excluding hydrogens is 214 g/mol. The van der Waals surface area contributed by atoms with Crippen LogP contribution in [0.25, 0.3) is 0 Å². The third kappa shape index (κ3) is 2.61. The van der Waals surface area contributed by atoms with Gasteiger partial charge in [0.1, 0.15) is 5.75 Å². The molecule has 0 saturated carbocycles. The monoisotopic (exact) mass is 235 g/mol. The van der Waals surface area contributed by atoms with Gasteiger partial charge in [-0.1, -0.05) is 0 Å². The van der Waals surface area contributed by atoms with E-state index in [2.05, 4.69) is 0 Å². The van der Waals surface area contributed by atoms with E-state index in [-0.39, 0.29) is 6.04 Å². The van der Waals surface area contributed by atoms with Gasteiger partial charge in [0, 0.05) is 6.04 Å². The first-order valence-corrected chi connectivity index (χ1v) is 6.29. The Morgan fingerprint density at radius 1 is 1.35 bits per heavy atom. The van der Waals surface area contributed by atoms with Crippen LogP contribution >= 0.6 is 0 Å². The summed E-state index contributed by atoms with van der Waals surface area (Å²) in [6, 6.07) is 3.78. The van der Waals surface area contributed by atoms with E-state index in [1.807, 2.05) is 26.0 Å². The van der Waals surface area contributed by atoms with Crippen LogP contribution in [0.1, 0.15) is 42.6 Å². The Labute approximate surface area is 103 Å². The summed E-state index contributed by atoms with van der Waals surface area (Å²) in [6.07, 6.45) is 2.67. The van der Waals surface area contributed by atoms with Gasteiger partial charge >= 0.3 is 0 Å². The second-order valence-electron chi connectivity index (χ2n) is 4.94. The minimum absolute atomic E-state index is 0.251. The van der Waals surface area contributed by atoms with E-state index in [4.69, 9.17) is 10.5 Å². The molecule has 3 heteroatoms. The Balaban J connectivity index is 2.38. The number of fused-ring (bicyclic) bond motifs is 1. The summed E-state index contributed by atoms with van der Waals surface area (Å²) >= 11 is 0. The molecule has 17 heavy (non-hydrogen) atoms. The summed E-state index contributed by atoms with van der Waals surface area (Å²) < 4.78 is 5.76. The molecule has 0 aromatic heterocycles. The molecule has 3 nitrogen and oxygen atoms in total. The SMILES string of the molecule is Cc1cc(C(O)C(C)N)cc2c1OCCCC2. The standard InChI is InChI=1S/C14H21NO2/c1-9-7-12(13(16)10(2)15)8-11-5-3-4-6-17-14(9)11/h7-8,10,13,16H,3-6,15H2,1-2H3. The maximum Gasteiger partial charge on any atom is 0.125 e. The maximum atomic E-state index is 10.0. The molecule has 0 aliphatic carbocycles. The van der Waals surface area contributed by atoms with Gasteiger partial charge in [-0.05, 0) is 61.9 Å². The lowest BCUT2D eigenvalue weighted by Crippen LogP contribution is -2.24. The molecule has 0 spiro atoms. The van der Waals surface area contributed by atoms with Crippen molar-refractivity contribution in [2.45, 2.75) is 45.3 Å². The van der Waals surface area contributed by atoms with Gasteiger partial charge in [-0.2, -0.15) is 0 Å². The molecule has 1 aliphatic heterocycles. The van der Waals surface area contributed by atoms with Gasteiger partial charge < -0.3 is 15.6 Å². The molecule has 1 aliphatic rings. The molecule has 2 atom stereocenters. The molecular formula is C14H21NO2. The van der Waals surface area contributed by atoms with Crippen molar-refractivity contribution in [3.63, 3.8) is 0 Å². The normalized spacial score (nSPS) is 18.8. The summed E-state index contributed by atoms with van der Waals surface area (Å²) in [6.45, 7) is 4.65. The minimum Gasteiger partial charge on any atom is -0.493 e. The molecule has 0 amide bonds. The second kappa shape index (κ2) is 5.07. The summed E-state index contributed by atoms with van der Waals surface area (Å²) in [5, 5.41) is 10.0. The van der Waals surface area contributed by atoms with Gasteiger partial charge in [0.05, 0.1) is 12.7 Å². The molecule has 0 radical (unpaired) electrons. The summed E-state index contributed by atoms with van der Waals surface area (Å²) in [4.78, 5) is 0. The van der Waals surface area contributed by atoms with Gasteiger partial charge in [0.25, 0.3) is 0 Å². The van der Waals surface area contributed by atoms with Crippen molar-refractivity contribution in [2.75, 3.05) is 6.61 Å².